The molecule has 0 spiro atoms. The second-order valence-electron chi connectivity index (χ2n) is 7.54. The molecule has 3 rings (SSSR count). The normalized spacial score (nSPS) is 14.6. The van der Waals surface area contributed by atoms with Crippen molar-refractivity contribution in [2.24, 2.45) is 0 Å². The second-order valence-corrected chi connectivity index (χ2v) is 10.5. The third-order valence-corrected chi connectivity index (χ3v) is 7.74. The van der Waals surface area contributed by atoms with Crippen LogP contribution in [-0.2, 0) is 16.6 Å². The molecule has 0 aliphatic carbocycles. The average molecular weight is 466 g/mol. The van der Waals surface area contributed by atoms with Crippen LogP contribution in [0.2, 0.25) is 0 Å². The fraction of sp³-hybridized carbons (Fsp3) is 0.524. The van der Waals surface area contributed by atoms with Crippen molar-refractivity contribution in [1.29, 1.82) is 0 Å². The number of rotatable bonds is 12. The Morgan fingerprint density at radius 1 is 1.16 bits per heavy atom. The van der Waals surface area contributed by atoms with Crippen LogP contribution in [0.25, 0.3) is 0 Å². The van der Waals surface area contributed by atoms with E-state index in [0.29, 0.717) is 30.9 Å². The van der Waals surface area contributed by atoms with Crippen LogP contribution in [0.4, 0.5) is 5.69 Å². The number of amides is 1. The molecule has 1 fully saturated rings. The van der Waals surface area contributed by atoms with Gasteiger partial charge in [-0.1, -0.05) is 0 Å². The van der Waals surface area contributed by atoms with Crippen LogP contribution >= 0.6 is 11.8 Å². The fourth-order valence-electron chi connectivity index (χ4n) is 3.49. The van der Waals surface area contributed by atoms with Crippen molar-refractivity contribution in [3.8, 4) is 0 Å². The zero-order valence-electron chi connectivity index (χ0n) is 17.9. The molecule has 1 saturated heterocycles. The molecule has 10 heteroatoms. The van der Waals surface area contributed by atoms with Gasteiger partial charge in [0, 0.05) is 56.4 Å². The molecule has 0 bridgehead atoms. The van der Waals surface area contributed by atoms with Gasteiger partial charge in [-0.15, -0.1) is 0 Å². The van der Waals surface area contributed by atoms with Crippen LogP contribution in [-0.4, -0.2) is 66.4 Å². The van der Waals surface area contributed by atoms with E-state index in [1.807, 2.05) is 10.8 Å². The highest BCUT2D eigenvalue weighted by atomic mass is 32.2. The standard InChI is InChI=1S/C21H31N5O3S2/c1-30-13-5-7-23-19-14-18(21(27)24-6-4-9-25-12-8-22-17-25)15-20(16-19)31(28,29)26-10-2-3-11-26/h8,12,14-17,23H,2-7,9-11,13H2,1H3,(H,24,27). The maximum Gasteiger partial charge on any atom is 0.251 e. The number of hydrogen-bond donors (Lipinski definition) is 2. The number of sulfonamides is 1. The first kappa shape index (κ1) is 23.6. The van der Waals surface area contributed by atoms with Crippen LogP contribution in [0.15, 0.2) is 41.8 Å². The Morgan fingerprint density at radius 2 is 1.97 bits per heavy atom. The van der Waals surface area contributed by atoms with Gasteiger partial charge in [0.05, 0.1) is 11.2 Å². The van der Waals surface area contributed by atoms with Gasteiger partial charge in [0.2, 0.25) is 10.0 Å². The molecular weight excluding hydrogens is 434 g/mol. The lowest BCUT2D eigenvalue weighted by Gasteiger charge is -2.18. The lowest BCUT2D eigenvalue weighted by atomic mass is 10.2. The van der Waals surface area contributed by atoms with Gasteiger partial charge in [0.1, 0.15) is 0 Å². The number of carbonyl (C=O) groups is 1. The van der Waals surface area contributed by atoms with Crippen LogP contribution in [0.1, 0.15) is 36.0 Å². The molecule has 31 heavy (non-hydrogen) atoms. The minimum atomic E-state index is -3.61. The number of hydrogen-bond acceptors (Lipinski definition) is 6. The number of nitrogens with one attached hydrogen (secondary N) is 2. The third kappa shape index (κ3) is 6.72. The van der Waals surface area contributed by atoms with E-state index in [0.717, 1.165) is 44.5 Å². The fourth-order valence-corrected chi connectivity index (χ4v) is 5.51. The summed E-state index contributed by atoms with van der Waals surface area (Å²) < 4.78 is 29.6. The van der Waals surface area contributed by atoms with Gasteiger partial charge in [0.25, 0.3) is 5.91 Å². The smallest absolute Gasteiger partial charge is 0.251 e. The molecule has 170 valence electrons. The van der Waals surface area contributed by atoms with Gasteiger partial charge in [-0.2, -0.15) is 16.1 Å². The predicted molar refractivity (Wildman–Crippen MR) is 125 cm³/mol. The second kappa shape index (κ2) is 11.5. The maximum atomic E-state index is 13.1. The van der Waals surface area contributed by atoms with E-state index in [9.17, 15) is 13.2 Å². The molecule has 1 aliphatic heterocycles. The number of thioether (sulfide) groups is 1. The summed E-state index contributed by atoms with van der Waals surface area (Å²) in [5.41, 5.74) is 1.01. The van der Waals surface area contributed by atoms with Crippen molar-refractivity contribution >= 4 is 33.4 Å². The topological polar surface area (TPSA) is 96.3 Å². The minimum Gasteiger partial charge on any atom is -0.385 e. The van der Waals surface area contributed by atoms with E-state index < -0.39 is 10.0 Å². The minimum absolute atomic E-state index is 0.174. The molecule has 2 heterocycles. The summed E-state index contributed by atoms with van der Waals surface area (Å²) in [6.07, 6.45) is 10.9. The van der Waals surface area contributed by atoms with Crippen molar-refractivity contribution < 1.29 is 13.2 Å². The zero-order valence-corrected chi connectivity index (χ0v) is 19.6. The van der Waals surface area contributed by atoms with Gasteiger partial charge in [0.15, 0.2) is 0 Å². The highest BCUT2D eigenvalue weighted by molar-refractivity contribution is 7.98. The summed E-state index contributed by atoms with van der Waals surface area (Å²) in [5, 5.41) is 6.18. The Labute approximate surface area is 188 Å². The Hall–Kier alpha value is -2.04. The molecule has 0 radical (unpaired) electrons. The van der Waals surface area contributed by atoms with Gasteiger partial charge in [-0.25, -0.2) is 13.4 Å². The van der Waals surface area contributed by atoms with E-state index in [1.165, 1.54) is 10.4 Å². The Kier molecular flexibility index (Phi) is 8.79. The molecule has 0 atom stereocenters. The lowest BCUT2D eigenvalue weighted by Crippen LogP contribution is -2.29. The van der Waals surface area contributed by atoms with E-state index in [2.05, 4.69) is 21.9 Å². The summed E-state index contributed by atoms with van der Waals surface area (Å²) in [5.74, 6) is 0.750. The molecule has 0 saturated carbocycles. The summed E-state index contributed by atoms with van der Waals surface area (Å²) in [6.45, 7) is 3.04. The van der Waals surface area contributed by atoms with E-state index >= 15 is 0 Å². The average Bonchev–Trinajstić information content (AvgIpc) is 3.48. The summed E-state index contributed by atoms with van der Waals surface area (Å²) >= 11 is 1.77. The van der Waals surface area contributed by atoms with Crippen LogP contribution in [0, 0.1) is 0 Å². The summed E-state index contributed by atoms with van der Waals surface area (Å²) in [6, 6.07) is 4.86. The van der Waals surface area contributed by atoms with E-state index in [-0.39, 0.29) is 10.8 Å². The third-order valence-electron chi connectivity index (χ3n) is 5.16. The molecule has 1 amide bonds. The number of benzene rings is 1. The van der Waals surface area contributed by atoms with Gasteiger partial charge in [-0.05, 0) is 55.9 Å². The molecule has 1 aromatic carbocycles. The number of carbonyl (C=O) groups excluding carboxylic acids is 1. The summed E-state index contributed by atoms with van der Waals surface area (Å²) in [4.78, 5) is 16.9. The number of anilines is 1. The van der Waals surface area contributed by atoms with Gasteiger partial charge in [-0.3, -0.25) is 4.79 Å². The van der Waals surface area contributed by atoms with Gasteiger partial charge < -0.3 is 15.2 Å². The highest BCUT2D eigenvalue weighted by Gasteiger charge is 2.28. The van der Waals surface area contributed by atoms with Crippen LogP contribution < -0.4 is 10.6 Å². The Morgan fingerprint density at radius 3 is 2.68 bits per heavy atom. The summed E-state index contributed by atoms with van der Waals surface area (Å²) in [7, 11) is -3.61. The van der Waals surface area contributed by atoms with E-state index in [1.54, 1.807) is 36.4 Å². The lowest BCUT2D eigenvalue weighted by molar-refractivity contribution is 0.0952. The molecule has 0 unspecified atom stereocenters. The van der Waals surface area contributed by atoms with Crippen molar-refractivity contribution in [3.05, 3.63) is 42.5 Å². The molecule has 2 aromatic rings. The van der Waals surface area contributed by atoms with Crippen molar-refractivity contribution in [1.82, 2.24) is 19.2 Å². The Balaban J connectivity index is 1.71. The first-order chi connectivity index (χ1) is 15.0. The molecule has 1 aliphatic rings. The van der Waals surface area contributed by atoms with Crippen molar-refractivity contribution in [2.45, 2.75) is 37.1 Å². The quantitative estimate of drug-likeness (QED) is 0.468. The highest BCUT2D eigenvalue weighted by Crippen LogP contribution is 2.25. The zero-order chi connectivity index (χ0) is 22.1. The first-order valence-electron chi connectivity index (χ1n) is 10.6. The first-order valence-corrected chi connectivity index (χ1v) is 13.5. The monoisotopic (exact) mass is 465 g/mol. The number of aryl methyl sites for hydroxylation is 1. The SMILES string of the molecule is CSCCCNc1cc(C(=O)NCCCn2ccnc2)cc(S(=O)(=O)N2CCCC2)c1. The number of nitrogens with zero attached hydrogens (tertiary/aromatic N) is 3. The van der Waals surface area contributed by atoms with Crippen molar-refractivity contribution in [2.75, 3.05) is 43.5 Å². The van der Waals surface area contributed by atoms with Gasteiger partial charge >= 0.3 is 0 Å². The van der Waals surface area contributed by atoms with Crippen LogP contribution in [0.5, 0.6) is 0 Å². The molecular formula is C21H31N5O3S2. The number of aromatic nitrogens is 2. The van der Waals surface area contributed by atoms with E-state index in [4.69, 9.17) is 0 Å². The molecule has 8 nitrogen and oxygen atoms in total. The molecule has 2 N–H and O–H groups in total. The molecule has 1 aromatic heterocycles. The number of imidazole rings is 1. The predicted octanol–water partition coefficient (Wildman–Crippen LogP) is 2.65. The maximum absolute atomic E-state index is 13.1. The Bertz CT molecular complexity index is 942. The van der Waals surface area contributed by atoms with Crippen LogP contribution in [0.3, 0.4) is 0 Å². The van der Waals surface area contributed by atoms with Crippen molar-refractivity contribution in [3.63, 3.8) is 0 Å². The largest absolute Gasteiger partial charge is 0.385 e.